The summed E-state index contributed by atoms with van der Waals surface area (Å²) in [6.07, 6.45) is -3.78. The first-order chi connectivity index (χ1) is 10.6. The van der Waals surface area contributed by atoms with Crippen molar-refractivity contribution in [1.29, 1.82) is 0 Å². The molecule has 0 amide bonds. The molecule has 0 aliphatic carbocycles. The highest BCUT2D eigenvalue weighted by molar-refractivity contribution is 7.92. The lowest BCUT2D eigenvalue weighted by atomic mass is 10.1. The molecule has 0 heterocycles. The molecule has 0 aliphatic rings. The molecule has 0 aliphatic heterocycles. The van der Waals surface area contributed by atoms with Crippen molar-refractivity contribution in [2.75, 3.05) is 4.72 Å². The average Bonchev–Trinajstić information content (AvgIpc) is 2.46. The van der Waals surface area contributed by atoms with E-state index in [1.807, 2.05) is 13.8 Å². The number of nitrogens with one attached hydrogen (secondary N) is 1. The monoisotopic (exact) mass is 343 g/mol. The molecule has 0 bridgehead atoms. The number of hydrogen-bond acceptors (Lipinski definition) is 2. The Hall–Kier alpha value is -2.02. The largest absolute Gasteiger partial charge is 0.416 e. The Morgan fingerprint density at radius 3 is 2.35 bits per heavy atom. The molecule has 0 radical (unpaired) electrons. The Kier molecular flexibility index (Phi) is 4.70. The van der Waals surface area contributed by atoms with E-state index in [9.17, 15) is 21.6 Å². The van der Waals surface area contributed by atoms with Crippen molar-refractivity contribution in [3.8, 4) is 0 Å². The number of anilines is 1. The van der Waals surface area contributed by atoms with Crippen LogP contribution < -0.4 is 4.72 Å². The highest BCUT2D eigenvalue weighted by Gasteiger charge is 2.31. The smallest absolute Gasteiger partial charge is 0.280 e. The second-order valence-corrected chi connectivity index (χ2v) is 6.81. The summed E-state index contributed by atoms with van der Waals surface area (Å²) in [6.45, 7) is 3.83. The minimum absolute atomic E-state index is 0.317. The van der Waals surface area contributed by atoms with Gasteiger partial charge in [-0.15, -0.1) is 0 Å². The van der Waals surface area contributed by atoms with Crippen molar-refractivity contribution in [2.24, 2.45) is 0 Å². The van der Waals surface area contributed by atoms with Crippen molar-refractivity contribution in [1.82, 2.24) is 0 Å². The molecule has 0 saturated heterocycles. The third-order valence-electron chi connectivity index (χ3n) is 3.45. The molecule has 0 fully saturated rings. The van der Waals surface area contributed by atoms with Crippen molar-refractivity contribution in [3.63, 3.8) is 0 Å². The first-order valence-corrected chi connectivity index (χ1v) is 8.41. The van der Waals surface area contributed by atoms with Gasteiger partial charge in [-0.25, -0.2) is 8.42 Å². The molecule has 7 heteroatoms. The number of alkyl halides is 3. The summed E-state index contributed by atoms with van der Waals surface area (Å²) in [5.74, 6) is 0. The van der Waals surface area contributed by atoms with Gasteiger partial charge in [-0.3, -0.25) is 4.72 Å². The zero-order valence-corrected chi connectivity index (χ0v) is 13.4. The topological polar surface area (TPSA) is 46.2 Å². The van der Waals surface area contributed by atoms with Crippen molar-refractivity contribution < 1.29 is 21.6 Å². The van der Waals surface area contributed by atoms with E-state index in [4.69, 9.17) is 0 Å². The Morgan fingerprint density at radius 1 is 1.09 bits per heavy atom. The Labute approximate surface area is 133 Å². The third kappa shape index (κ3) is 4.04. The average molecular weight is 343 g/mol. The van der Waals surface area contributed by atoms with Crippen LogP contribution in [0.4, 0.5) is 18.9 Å². The lowest BCUT2D eigenvalue weighted by Gasteiger charge is -2.12. The number of rotatable bonds is 4. The van der Waals surface area contributed by atoms with Crippen LogP contribution in [0.5, 0.6) is 0 Å². The summed E-state index contributed by atoms with van der Waals surface area (Å²) in [4.78, 5) is -0.426. The number of sulfonamides is 1. The predicted molar refractivity (Wildman–Crippen MR) is 82.8 cm³/mol. The van der Waals surface area contributed by atoms with Crippen LogP contribution in [-0.4, -0.2) is 8.42 Å². The van der Waals surface area contributed by atoms with Gasteiger partial charge in [0.25, 0.3) is 10.0 Å². The Bertz CT molecular complexity index is 814. The molecular weight excluding hydrogens is 327 g/mol. The minimum atomic E-state index is -4.59. The number of hydrogen-bond donors (Lipinski definition) is 1. The normalized spacial score (nSPS) is 12.2. The fourth-order valence-electron chi connectivity index (χ4n) is 2.21. The van der Waals surface area contributed by atoms with E-state index in [2.05, 4.69) is 4.72 Å². The van der Waals surface area contributed by atoms with E-state index >= 15 is 0 Å². The van der Waals surface area contributed by atoms with Gasteiger partial charge in [0.05, 0.1) is 10.5 Å². The van der Waals surface area contributed by atoms with Gasteiger partial charge in [-0.05, 0) is 54.8 Å². The lowest BCUT2D eigenvalue weighted by molar-refractivity contribution is -0.137. The maximum absolute atomic E-state index is 12.7. The quantitative estimate of drug-likeness (QED) is 0.896. The van der Waals surface area contributed by atoms with Crippen LogP contribution in [0.3, 0.4) is 0 Å². The maximum atomic E-state index is 12.7. The zero-order valence-electron chi connectivity index (χ0n) is 12.6. The molecule has 124 valence electrons. The van der Waals surface area contributed by atoms with Gasteiger partial charge in [0.2, 0.25) is 0 Å². The van der Waals surface area contributed by atoms with Crippen molar-refractivity contribution in [2.45, 2.75) is 31.3 Å². The molecule has 3 nitrogen and oxygen atoms in total. The number of aryl methyl sites for hydroxylation is 2. The lowest BCUT2D eigenvalue weighted by Crippen LogP contribution is -2.14. The molecule has 0 atom stereocenters. The molecule has 2 aromatic carbocycles. The summed E-state index contributed by atoms with van der Waals surface area (Å²) in [5, 5.41) is 0. The molecule has 2 rings (SSSR count). The summed E-state index contributed by atoms with van der Waals surface area (Å²) >= 11 is 0. The van der Waals surface area contributed by atoms with Crippen LogP contribution in [0.15, 0.2) is 47.4 Å². The van der Waals surface area contributed by atoms with Gasteiger partial charge in [0.1, 0.15) is 0 Å². The maximum Gasteiger partial charge on any atom is 0.416 e. The second kappa shape index (κ2) is 6.23. The first-order valence-electron chi connectivity index (χ1n) is 6.93. The fourth-order valence-corrected chi connectivity index (χ4v) is 3.30. The predicted octanol–water partition coefficient (Wildman–Crippen LogP) is 4.38. The van der Waals surface area contributed by atoms with Crippen molar-refractivity contribution >= 4 is 15.7 Å². The highest BCUT2D eigenvalue weighted by atomic mass is 32.2. The zero-order chi connectivity index (χ0) is 17.3. The Morgan fingerprint density at radius 2 is 1.78 bits per heavy atom. The van der Waals surface area contributed by atoms with Gasteiger partial charge in [0.15, 0.2) is 0 Å². The minimum Gasteiger partial charge on any atom is -0.280 e. The fraction of sp³-hybridized carbons (Fsp3) is 0.250. The Balaban J connectivity index is 2.34. The molecule has 1 N–H and O–H groups in total. The summed E-state index contributed by atoms with van der Waals surface area (Å²) in [6, 6.07) is 8.70. The van der Waals surface area contributed by atoms with Crippen LogP contribution in [0, 0.1) is 6.92 Å². The molecule has 0 saturated carbocycles. The molecule has 0 spiro atoms. The second-order valence-electron chi connectivity index (χ2n) is 5.13. The molecule has 0 unspecified atom stereocenters. The van der Waals surface area contributed by atoms with Crippen LogP contribution >= 0.6 is 0 Å². The SMILES string of the molecule is CCc1ccc(NS(=O)(=O)c2cccc(C(F)(F)F)c2)cc1C. The van der Waals surface area contributed by atoms with Gasteiger partial charge in [-0.1, -0.05) is 19.1 Å². The molecule has 23 heavy (non-hydrogen) atoms. The van der Waals surface area contributed by atoms with Gasteiger partial charge in [0, 0.05) is 5.69 Å². The standard InChI is InChI=1S/C16H16F3NO2S/c1-3-12-7-8-14(9-11(12)2)20-23(21,22)15-6-4-5-13(10-15)16(17,18)19/h4-10,20H,3H2,1-2H3. The molecule has 0 aromatic heterocycles. The van der Waals surface area contributed by atoms with Gasteiger partial charge in [-0.2, -0.15) is 13.2 Å². The summed E-state index contributed by atoms with van der Waals surface area (Å²) in [5.41, 5.74) is 1.30. The van der Waals surface area contributed by atoms with E-state index < -0.39 is 26.7 Å². The van der Waals surface area contributed by atoms with Crippen LogP contribution in [-0.2, 0) is 22.6 Å². The van der Waals surface area contributed by atoms with E-state index in [1.54, 1.807) is 18.2 Å². The van der Waals surface area contributed by atoms with E-state index in [0.29, 0.717) is 11.8 Å². The molecular formula is C16H16F3NO2S. The van der Waals surface area contributed by atoms with E-state index in [0.717, 1.165) is 35.7 Å². The number of benzene rings is 2. The van der Waals surface area contributed by atoms with Crippen LogP contribution in [0.25, 0.3) is 0 Å². The highest BCUT2D eigenvalue weighted by Crippen LogP contribution is 2.31. The number of halogens is 3. The van der Waals surface area contributed by atoms with E-state index in [-0.39, 0.29) is 0 Å². The van der Waals surface area contributed by atoms with Crippen molar-refractivity contribution in [3.05, 3.63) is 59.2 Å². The third-order valence-corrected chi connectivity index (χ3v) is 4.83. The van der Waals surface area contributed by atoms with Crippen LogP contribution in [0.2, 0.25) is 0 Å². The van der Waals surface area contributed by atoms with Gasteiger partial charge >= 0.3 is 6.18 Å². The summed E-state index contributed by atoms with van der Waals surface area (Å²) in [7, 11) is -4.08. The van der Waals surface area contributed by atoms with Crippen LogP contribution in [0.1, 0.15) is 23.6 Å². The van der Waals surface area contributed by atoms with Gasteiger partial charge < -0.3 is 0 Å². The first kappa shape index (κ1) is 17.3. The molecule has 2 aromatic rings. The summed E-state index contributed by atoms with van der Waals surface area (Å²) < 4.78 is 65.0. The van der Waals surface area contributed by atoms with E-state index in [1.165, 1.54) is 0 Å².